The minimum Gasteiger partial charge on any atom is -0.432 e. The third-order valence-electron chi connectivity index (χ3n) is 19.1. The number of esters is 1. The zero-order valence-electron chi connectivity index (χ0n) is 38.8. The van der Waals surface area contributed by atoms with Crippen molar-refractivity contribution in [1.29, 1.82) is 0 Å². The van der Waals surface area contributed by atoms with Gasteiger partial charge in [0.15, 0.2) is 12.6 Å². The second kappa shape index (κ2) is 17.5. The van der Waals surface area contributed by atoms with E-state index in [1.165, 1.54) is 0 Å². The summed E-state index contributed by atoms with van der Waals surface area (Å²) in [5.41, 5.74) is -1.85. The molecule has 23 atom stereocenters. The minimum absolute atomic E-state index is 0.121. The first-order chi connectivity index (χ1) is 30.3. The summed E-state index contributed by atoms with van der Waals surface area (Å²) in [6.07, 6.45) is -14.5. The molecule has 0 aromatic carbocycles. The van der Waals surface area contributed by atoms with Gasteiger partial charge in [0.1, 0.15) is 67.1 Å². The highest BCUT2D eigenvalue weighted by Crippen LogP contribution is 2.76. The Hall–Kier alpha value is -1.43. The predicted octanol–water partition coefficient (Wildman–Crippen LogP) is -0.250. The van der Waals surface area contributed by atoms with Gasteiger partial charge in [-0.3, -0.25) is 4.79 Å². The van der Waals surface area contributed by atoms with E-state index in [-0.39, 0.29) is 40.8 Å². The standard InChI is InChI=1S/C47H76O18/c1-42(2)14-16-47(41(59)65-40-36(57)33(54)31(52)24(63-40)20-61-38-35(56)32(53)30(51)23(18-48)62-38)17-15-45(6)21(28(47)37(42)58)8-9-26-44(5)12-11-27(43(3,4)25(44)10-13-46(26,45)7)64-39-34(55)29(50)22(49)19-60-39/h8,22-40,48-58H,9-20H2,1-7H3/t22-,23-,24+,25+,26-,27+,28-,29+,30-,31+,32+,33-,34+,35+,36+,37+,38-,39+,40-,44-,45+,46+,47-/m1/s1. The average Bonchev–Trinajstić information content (AvgIpc) is 3.25. The summed E-state index contributed by atoms with van der Waals surface area (Å²) >= 11 is 0. The van der Waals surface area contributed by atoms with Gasteiger partial charge in [-0.1, -0.05) is 60.1 Å². The lowest BCUT2D eigenvalue weighted by atomic mass is 9.33. The number of aliphatic hydroxyl groups excluding tert-OH is 11. The number of carbonyl (C=O) groups is 1. The van der Waals surface area contributed by atoms with E-state index in [0.717, 1.165) is 31.3 Å². The van der Waals surface area contributed by atoms with E-state index in [9.17, 15) is 61.0 Å². The molecule has 3 heterocycles. The first kappa shape index (κ1) is 50.0. The molecule has 0 spiro atoms. The lowest BCUT2D eigenvalue weighted by Crippen LogP contribution is -2.67. The zero-order valence-corrected chi connectivity index (χ0v) is 38.8. The van der Waals surface area contributed by atoms with Crippen molar-refractivity contribution < 1.29 is 89.4 Å². The summed E-state index contributed by atoms with van der Waals surface area (Å²) in [6.45, 7) is 14.1. The molecule has 0 aromatic rings. The van der Waals surface area contributed by atoms with Crippen molar-refractivity contribution in [3.05, 3.63) is 11.6 Å². The van der Waals surface area contributed by atoms with Crippen molar-refractivity contribution in [2.75, 3.05) is 19.8 Å². The Morgan fingerprint density at radius 2 is 1.29 bits per heavy atom. The molecule has 11 N–H and O–H groups in total. The average molecular weight is 929 g/mol. The van der Waals surface area contributed by atoms with Crippen molar-refractivity contribution >= 4 is 5.97 Å². The molecule has 4 saturated carbocycles. The Bertz CT molecular complexity index is 1780. The third kappa shape index (κ3) is 7.71. The van der Waals surface area contributed by atoms with Gasteiger partial charge in [-0.05, 0) is 96.7 Å². The fourth-order valence-electron chi connectivity index (χ4n) is 14.6. The van der Waals surface area contributed by atoms with Crippen LogP contribution in [0.5, 0.6) is 0 Å². The number of hydrogen-bond donors (Lipinski definition) is 11. The van der Waals surface area contributed by atoms with Crippen molar-refractivity contribution in [3.63, 3.8) is 0 Å². The van der Waals surface area contributed by atoms with Crippen molar-refractivity contribution in [2.45, 2.75) is 204 Å². The van der Waals surface area contributed by atoms with Crippen LogP contribution in [0.3, 0.4) is 0 Å². The normalized spacial score (nSPS) is 53.9. The molecule has 65 heavy (non-hydrogen) atoms. The molecule has 5 aliphatic carbocycles. The van der Waals surface area contributed by atoms with E-state index in [1.807, 2.05) is 13.8 Å². The number of rotatable bonds is 8. The van der Waals surface area contributed by atoms with Crippen LogP contribution in [0.4, 0.5) is 0 Å². The quantitative estimate of drug-likeness (QED) is 0.0850. The van der Waals surface area contributed by atoms with Crippen molar-refractivity contribution in [1.82, 2.24) is 0 Å². The van der Waals surface area contributed by atoms with Gasteiger partial charge in [0.05, 0.1) is 37.4 Å². The minimum atomic E-state index is -1.86. The van der Waals surface area contributed by atoms with Gasteiger partial charge in [-0.15, -0.1) is 0 Å². The molecular weight excluding hydrogens is 852 g/mol. The van der Waals surface area contributed by atoms with Gasteiger partial charge in [0.25, 0.3) is 0 Å². The summed E-state index contributed by atoms with van der Waals surface area (Å²) in [7, 11) is 0. The Labute approximate surface area is 380 Å². The highest BCUT2D eigenvalue weighted by molar-refractivity contribution is 5.79. The van der Waals surface area contributed by atoms with Crippen molar-refractivity contribution in [2.24, 2.45) is 50.2 Å². The maximum atomic E-state index is 15.0. The largest absolute Gasteiger partial charge is 0.432 e. The van der Waals surface area contributed by atoms with Gasteiger partial charge in [0.2, 0.25) is 6.29 Å². The van der Waals surface area contributed by atoms with E-state index < -0.39 is 133 Å². The number of allylic oxidation sites excluding steroid dienone is 1. The molecule has 8 rings (SSSR count). The van der Waals surface area contributed by atoms with Gasteiger partial charge >= 0.3 is 5.97 Å². The lowest BCUT2D eigenvalue weighted by Gasteiger charge is -2.71. The maximum absolute atomic E-state index is 15.0. The summed E-state index contributed by atoms with van der Waals surface area (Å²) in [5, 5.41) is 117. The van der Waals surface area contributed by atoms with Crippen LogP contribution < -0.4 is 0 Å². The molecule has 0 bridgehead atoms. The number of hydrogen-bond acceptors (Lipinski definition) is 18. The second-order valence-electron chi connectivity index (χ2n) is 23.0. The maximum Gasteiger partial charge on any atom is 0.315 e. The van der Waals surface area contributed by atoms with Crippen LogP contribution >= 0.6 is 0 Å². The Morgan fingerprint density at radius 1 is 0.677 bits per heavy atom. The molecule has 0 radical (unpaired) electrons. The Balaban J connectivity index is 1.03. The fraction of sp³-hybridized carbons (Fsp3) is 0.936. The third-order valence-corrected chi connectivity index (χ3v) is 19.1. The zero-order chi connectivity index (χ0) is 47.6. The summed E-state index contributed by atoms with van der Waals surface area (Å²) < 4.78 is 35.1. The van der Waals surface area contributed by atoms with Crippen LogP contribution in [0.2, 0.25) is 0 Å². The smallest absolute Gasteiger partial charge is 0.315 e. The molecule has 3 saturated heterocycles. The van der Waals surface area contributed by atoms with E-state index in [1.54, 1.807) is 0 Å². The highest BCUT2D eigenvalue weighted by Gasteiger charge is 2.71. The number of carbonyl (C=O) groups excluding carboxylic acids is 1. The second-order valence-corrected chi connectivity index (χ2v) is 23.0. The number of aliphatic hydroxyl groups is 11. The van der Waals surface area contributed by atoms with Crippen LogP contribution in [0.15, 0.2) is 11.6 Å². The SMILES string of the molecule is CC1(C)CC[C@@]2(C(=O)O[C@H]3O[C@@H](CO[C@@H]4O[C@H](CO)[C@@H](O)[C@H](O)[C@@H]4O)[C@H](O)[C@@H](O)[C@@H]3O)CC[C@@]3(C)C(=CC[C@@H]4[C@]5(C)CC[C@H](O[C@@H]6OC[C@@H](O)[C@H](O)[C@@H]6O)C(C)(C)[C@@H]5CC[C@@]43C)[C@@H]2[C@@H]1O. The van der Waals surface area contributed by atoms with Crippen LogP contribution in [0, 0.1) is 50.2 Å². The number of ether oxygens (including phenoxy) is 6. The molecule has 0 aromatic heterocycles. The lowest BCUT2D eigenvalue weighted by molar-refractivity contribution is -0.328. The van der Waals surface area contributed by atoms with E-state index in [0.29, 0.717) is 32.1 Å². The topological polar surface area (TPSA) is 295 Å². The number of fused-ring (bicyclic) bond motifs is 7. The van der Waals surface area contributed by atoms with Gasteiger partial charge < -0.3 is 84.6 Å². The van der Waals surface area contributed by atoms with Crippen LogP contribution in [-0.2, 0) is 33.2 Å². The molecule has 3 aliphatic heterocycles. The first-order valence-electron chi connectivity index (χ1n) is 23.8. The van der Waals surface area contributed by atoms with Gasteiger partial charge in [0, 0.05) is 5.92 Å². The van der Waals surface area contributed by atoms with E-state index in [4.69, 9.17) is 28.4 Å². The van der Waals surface area contributed by atoms with Crippen LogP contribution in [-0.4, -0.2) is 180 Å². The predicted molar refractivity (Wildman–Crippen MR) is 226 cm³/mol. The highest BCUT2D eigenvalue weighted by atomic mass is 16.7. The first-order valence-corrected chi connectivity index (χ1v) is 23.8. The Morgan fingerprint density at radius 3 is 1.97 bits per heavy atom. The molecular formula is C47H76O18. The monoisotopic (exact) mass is 929 g/mol. The molecule has 0 unspecified atom stereocenters. The molecule has 7 fully saturated rings. The molecule has 0 amide bonds. The van der Waals surface area contributed by atoms with E-state index in [2.05, 4.69) is 40.7 Å². The summed E-state index contributed by atoms with van der Waals surface area (Å²) in [4.78, 5) is 15.0. The molecule has 8 aliphatic rings. The van der Waals surface area contributed by atoms with Crippen molar-refractivity contribution in [3.8, 4) is 0 Å². The summed E-state index contributed by atoms with van der Waals surface area (Å²) in [5.74, 6) is -0.858. The molecule has 18 heteroatoms. The summed E-state index contributed by atoms with van der Waals surface area (Å²) in [6, 6.07) is 0. The molecule has 372 valence electrons. The van der Waals surface area contributed by atoms with Gasteiger partial charge in [-0.25, -0.2) is 0 Å². The molecule has 18 nitrogen and oxygen atoms in total. The van der Waals surface area contributed by atoms with Crippen LogP contribution in [0.1, 0.15) is 106 Å². The van der Waals surface area contributed by atoms with Crippen LogP contribution in [0.25, 0.3) is 0 Å². The van der Waals surface area contributed by atoms with E-state index >= 15 is 0 Å². The van der Waals surface area contributed by atoms with Gasteiger partial charge in [-0.2, -0.15) is 0 Å². The Kier molecular flexibility index (Phi) is 13.4. The fourth-order valence-corrected chi connectivity index (χ4v) is 14.6.